The van der Waals surface area contributed by atoms with Crippen LogP contribution in [-0.4, -0.2) is 21.8 Å². The molecule has 1 aromatic carbocycles. The molecule has 0 bridgehead atoms. The summed E-state index contributed by atoms with van der Waals surface area (Å²) in [4.78, 5) is 27.3. The number of aromatic nitrogens is 2. The normalized spacial score (nSPS) is 11.4. The van der Waals surface area contributed by atoms with Crippen LogP contribution in [0.2, 0.25) is 5.02 Å². The number of carbonyl (C=O) groups is 2. The quantitative estimate of drug-likeness (QED) is 0.503. The van der Waals surface area contributed by atoms with Crippen LogP contribution in [0.4, 0.5) is 13.2 Å². The Kier molecular flexibility index (Phi) is 5.29. The van der Waals surface area contributed by atoms with Gasteiger partial charge in [-0.2, -0.15) is 18.2 Å². The molecular weight excluding hydrogens is 407 g/mol. The van der Waals surface area contributed by atoms with Crippen LogP contribution < -0.4 is 5.32 Å². The first-order valence-corrected chi connectivity index (χ1v) is 8.57. The second kappa shape index (κ2) is 7.49. The molecule has 6 nitrogen and oxygen atoms in total. The minimum atomic E-state index is -4.74. The average Bonchev–Trinajstić information content (AvgIpc) is 3.30. The molecule has 1 amide bonds. The maximum atomic E-state index is 12.5. The van der Waals surface area contributed by atoms with Gasteiger partial charge in [-0.25, -0.2) is 0 Å². The number of nitrogens with zero attached hydrogens (tertiary/aromatic N) is 2. The zero-order valence-corrected chi connectivity index (χ0v) is 14.8. The van der Waals surface area contributed by atoms with Crippen molar-refractivity contribution in [2.75, 3.05) is 0 Å². The molecule has 0 aliphatic carbocycles. The predicted molar refractivity (Wildman–Crippen MR) is 90.2 cm³/mol. The highest BCUT2D eigenvalue weighted by molar-refractivity contribution is 7.13. The van der Waals surface area contributed by atoms with Crippen LogP contribution in [-0.2, 0) is 17.5 Å². The van der Waals surface area contributed by atoms with Crippen molar-refractivity contribution in [3.8, 4) is 11.4 Å². The average molecular weight is 416 g/mol. The van der Waals surface area contributed by atoms with Crippen molar-refractivity contribution in [2.45, 2.75) is 12.7 Å². The number of Topliss-reactive ketones (excluding diaryl/α,β-unsaturated/α-hetero) is 1. The fraction of sp³-hybridized carbons (Fsp3) is 0.125. The molecule has 27 heavy (non-hydrogen) atoms. The van der Waals surface area contributed by atoms with Gasteiger partial charge in [0.2, 0.25) is 5.82 Å². The monoisotopic (exact) mass is 415 g/mol. The van der Waals surface area contributed by atoms with Gasteiger partial charge in [-0.1, -0.05) is 35.0 Å². The maximum absolute atomic E-state index is 12.5. The van der Waals surface area contributed by atoms with Crippen LogP contribution in [0.1, 0.15) is 21.1 Å². The molecule has 0 aliphatic heterocycles. The third-order valence-electron chi connectivity index (χ3n) is 3.37. The Balaban J connectivity index is 1.69. The lowest BCUT2D eigenvalue weighted by Gasteiger charge is -2.07. The summed E-state index contributed by atoms with van der Waals surface area (Å²) >= 11 is 7.24. The van der Waals surface area contributed by atoms with E-state index in [-0.39, 0.29) is 23.0 Å². The van der Waals surface area contributed by atoms with E-state index in [0.717, 1.165) is 11.3 Å². The third-order valence-corrected chi connectivity index (χ3v) is 4.59. The van der Waals surface area contributed by atoms with E-state index in [9.17, 15) is 22.8 Å². The molecule has 140 valence electrons. The number of thiophene rings is 1. The summed E-state index contributed by atoms with van der Waals surface area (Å²) in [6.45, 7) is -0.0326. The predicted octanol–water partition coefficient (Wildman–Crippen LogP) is 3.97. The van der Waals surface area contributed by atoms with Crippen LogP contribution in [0.3, 0.4) is 0 Å². The Morgan fingerprint density at radius 2 is 2.04 bits per heavy atom. The smallest absolute Gasteiger partial charge is 0.345 e. The number of carbonyl (C=O) groups excluding carboxylic acids is 2. The lowest BCUT2D eigenvalue weighted by molar-refractivity contribution is -0.159. The van der Waals surface area contributed by atoms with Gasteiger partial charge in [-0.05, 0) is 23.1 Å². The standard InChI is InChI=1S/C16H9ClF3N3O3S/c17-10-6-8(13-22-15(26-23-13)16(18,19)20)3-4-9(10)7-21-14(25)12(24)11-2-1-5-27-11/h1-6H,7H2,(H,21,25). The minimum absolute atomic E-state index is 0.0326. The van der Waals surface area contributed by atoms with Crippen molar-refractivity contribution >= 4 is 34.6 Å². The van der Waals surface area contributed by atoms with E-state index in [1.807, 2.05) is 0 Å². The summed E-state index contributed by atoms with van der Waals surface area (Å²) in [6, 6.07) is 7.45. The van der Waals surface area contributed by atoms with E-state index in [4.69, 9.17) is 11.6 Å². The molecule has 3 rings (SSSR count). The van der Waals surface area contributed by atoms with E-state index in [2.05, 4.69) is 20.0 Å². The molecule has 2 heterocycles. The molecule has 3 aromatic rings. The third kappa shape index (κ3) is 4.34. The number of hydrogen-bond donors (Lipinski definition) is 1. The second-order valence-corrected chi connectivity index (χ2v) is 6.57. The Morgan fingerprint density at radius 3 is 2.63 bits per heavy atom. The van der Waals surface area contributed by atoms with Crippen LogP contribution in [0.25, 0.3) is 11.4 Å². The Bertz CT molecular complexity index is 986. The number of ketones is 1. The van der Waals surface area contributed by atoms with Crippen LogP contribution >= 0.6 is 22.9 Å². The van der Waals surface area contributed by atoms with Gasteiger partial charge in [-0.15, -0.1) is 11.3 Å². The first kappa shape index (κ1) is 19.1. The van der Waals surface area contributed by atoms with E-state index in [1.54, 1.807) is 11.4 Å². The molecule has 0 unspecified atom stereocenters. The van der Waals surface area contributed by atoms with Crippen molar-refractivity contribution in [2.24, 2.45) is 0 Å². The number of benzene rings is 1. The Morgan fingerprint density at radius 1 is 1.26 bits per heavy atom. The Hall–Kier alpha value is -2.72. The van der Waals surface area contributed by atoms with E-state index >= 15 is 0 Å². The van der Waals surface area contributed by atoms with Gasteiger partial charge >= 0.3 is 12.1 Å². The zero-order chi connectivity index (χ0) is 19.6. The molecule has 0 fully saturated rings. The lowest BCUT2D eigenvalue weighted by Crippen LogP contribution is -2.30. The highest BCUT2D eigenvalue weighted by atomic mass is 35.5. The Labute approximate surface area is 159 Å². The molecular formula is C16H9ClF3N3O3S. The van der Waals surface area contributed by atoms with Gasteiger partial charge in [-0.3, -0.25) is 9.59 Å². The van der Waals surface area contributed by atoms with Crippen LogP contribution in [0.15, 0.2) is 40.2 Å². The summed E-state index contributed by atoms with van der Waals surface area (Å²) in [5, 5.41) is 7.56. The molecule has 1 N–H and O–H groups in total. The van der Waals surface area contributed by atoms with E-state index < -0.39 is 23.8 Å². The van der Waals surface area contributed by atoms with Gasteiger partial charge in [0.25, 0.3) is 11.7 Å². The summed E-state index contributed by atoms with van der Waals surface area (Å²) in [5.41, 5.74) is 0.677. The summed E-state index contributed by atoms with van der Waals surface area (Å²) < 4.78 is 41.7. The SMILES string of the molecule is O=C(NCc1ccc(-c2noc(C(F)(F)F)n2)cc1Cl)C(=O)c1cccs1. The number of hydrogen-bond acceptors (Lipinski definition) is 6. The van der Waals surface area contributed by atoms with Crippen LogP contribution in [0.5, 0.6) is 0 Å². The van der Waals surface area contributed by atoms with Gasteiger partial charge in [0, 0.05) is 17.1 Å². The summed E-state index contributed by atoms with van der Waals surface area (Å²) in [7, 11) is 0. The van der Waals surface area contributed by atoms with E-state index in [0.29, 0.717) is 10.4 Å². The fourth-order valence-corrected chi connectivity index (χ4v) is 2.97. The number of rotatable bonds is 5. The molecule has 0 atom stereocenters. The number of halogens is 4. The van der Waals surface area contributed by atoms with Crippen molar-refractivity contribution in [1.29, 1.82) is 0 Å². The van der Waals surface area contributed by atoms with Crippen molar-refractivity contribution in [3.05, 3.63) is 57.1 Å². The van der Waals surface area contributed by atoms with Gasteiger partial charge in [0.05, 0.1) is 4.88 Å². The molecule has 0 saturated carbocycles. The highest BCUT2D eigenvalue weighted by Gasteiger charge is 2.38. The van der Waals surface area contributed by atoms with E-state index in [1.165, 1.54) is 24.3 Å². The largest absolute Gasteiger partial charge is 0.471 e. The minimum Gasteiger partial charge on any atom is -0.345 e. The van der Waals surface area contributed by atoms with Crippen molar-refractivity contribution in [3.63, 3.8) is 0 Å². The van der Waals surface area contributed by atoms with Crippen molar-refractivity contribution < 1.29 is 27.3 Å². The zero-order valence-electron chi connectivity index (χ0n) is 13.2. The number of alkyl halides is 3. The summed E-state index contributed by atoms with van der Waals surface area (Å²) in [6.07, 6.45) is -4.74. The van der Waals surface area contributed by atoms with Crippen molar-refractivity contribution in [1.82, 2.24) is 15.5 Å². The lowest BCUT2D eigenvalue weighted by atomic mass is 10.1. The molecule has 0 aliphatic rings. The highest BCUT2D eigenvalue weighted by Crippen LogP contribution is 2.30. The molecule has 0 radical (unpaired) electrons. The molecule has 11 heteroatoms. The summed E-state index contributed by atoms with van der Waals surface area (Å²) in [5.74, 6) is -3.18. The maximum Gasteiger partial charge on any atom is 0.471 e. The van der Waals surface area contributed by atoms with Gasteiger partial charge < -0.3 is 9.84 Å². The topological polar surface area (TPSA) is 85.1 Å². The molecule has 2 aromatic heterocycles. The number of nitrogens with one attached hydrogen (secondary N) is 1. The van der Waals surface area contributed by atoms with Gasteiger partial charge in [0.15, 0.2) is 0 Å². The molecule has 0 spiro atoms. The fourth-order valence-electron chi connectivity index (χ4n) is 2.06. The van der Waals surface area contributed by atoms with Crippen LogP contribution in [0, 0.1) is 0 Å². The number of amides is 1. The molecule has 0 saturated heterocycles. The first-order valence-electron chi connectivity index (χ1n) is 7.31. The van der Waals surface area contributed by atoms with Gasteiger partial charge in [0.1, 0.15) is 0 Å². The first-order chi connectivity index (χ1) is 12.8. The second-order valence-electron chi connectivity index (χ2n) is 5.22.